The van der Waals surface area contributed by atoms with Gasteiger partial charge in [-0.15, -0.1) is 0 Å². The van der Waals surface area contributed by atoms with E-state index in [0.717, 1.165) is 0 Å². The lowest BCUT2D eigenvalue weighted by atomic mass is 10.1. The first-order valence-corrected chi connectivity index (χ1v) is 6.12. The summed E-state index contributed by atoms with van der Waals surface area (Å²) in [7, 11) is 1.53. The lowest BCUT2D eigenvalue weighted by Gasteiger charge is -2.25. The summed E-state index contributed by atoms with van der Waals surface area (Å²) in [4.78, 5) is 13.6. The van der Waals surface area contributed by atoms with Crippen molar-refractivity contribution in [2.75, 3.05) is 33.4 Å². The number of aromatic hydroxyl groups is 1. The van der Waals surface area contributed by atoms with Gasteiger partial charge in [0.25, 0.3) is 0 Å². The summed E-state index contributed by atoms with van der Waals surface area (Å²) in [5, 5.41) is 9.77. The van der Waals surface area contributed by atoms with E-state index in [1.165, 1.54) is 19.3 Å². The van der Waals surface area contributed by atoms with Crippen LogP contribution in [0.1, 0.15) is 5.56 Å². The number of phenolic OH excluding ortho intramolecular Hbond substituents is 1. The first kappa shape index (κ1) is 13.4. The summed E-state index contributed by atoms with van der Waals surface area (Å²) in [5.41, 5.74) is 0.586. The first-order valence-electron chi connectivity index (χ1n) is 6.12. The third kappa shape index (κ3) is 3.48. The second kappa shape index (κ2) is 6.24. The maximum absolute atomic E-state index is 11.9. The number of amides is 1. The summed E-state index contributed by atoms with van der Waals surface area (Å²) in [6.45, 7) is 2.37. The predicted octanol–water partition coefficient (Wildman–Crippen LogP) is 1.27. The molecule has 1 aromatic rings. The molecule has 0 aromatic heterocycles. The minimum atomic E-state index is -0.0708. The van der Waals surface area contributed by atoms with Crippen LogP contribution >= 0.6 is 0 Å². The Labute approximate surface area is 112 Å². The van der Waals surface area contributed by atoms with Gasteiger partial charge in [0.1, 0.15) is 11.5 Å². The monoisotopic (exact) mass is 263 g/mol. The maximum atomic E-state index is 11.9. The molecular weight excluding hydrogens is 246 g/mol. The van der Waals surface area contributed by atoms with Crippen molar-refractivity contribution in [1.29, 1.82) is 0 Å². The van der Waals surface area contributed by atoms with Crippen LogP contribution in [0.25, 0.3) is 6.08 Å². The Morgan fingerprint density at radius 3 is 2.79 bits per heavy atom. The first-order chi connectivity index (χ1) is 9.20. The van der Waals surface area contributed by atoms with Crippen molar-refractivity contribution < 1.29 is 19.4 Å². The van der Waals surface area contributed by atoms with Crippen molar-refractivity contribution in [1.82, 2.24) is 4.90 Å². The highest BCUT2D eigenvalue weighted by Crippen LogP contribution is 2.24. The molecular formula is C14H17NO4. The number of nitrogens with zero attached hydrogens (tertiary/aromatic N) is 1. The van der Waals surface area contributed by atoms with Crippen molar-refractivity contribution in [2.45, 2.75) is 0 Å². The van der Waals surface area contributed by atoms with Gasteiger partial charge in [-0.3, -0.25) is 4.79 Å². The smallest absolute Gasteiger partial charge is 0.246 e. The third-order valence-electron chi connectivity index (χ3n) is 2.97. The lowest BCUT2D eigenvalue weighted by molar-refractivity contribution is -0.129. The van der Waals surface area contributed by atoms with E-state index < -0.39 is 0 Å². The Morgan fingerprint density at radius 1 is 1.42 bits per heavy atom. The molecule has 1 aliphatic heterocycles. The topological polar surface area (TPSA) is 59.0 Å². The highest BCUT2D eigenvalue weighted by Gasteiger charge is 2.14. The Kier molecular flexibility index (Phi) is 4.41. The van der Waals surface area contributed by atoms with Crippen LogP contribution in [-0.2, 0) is 9.53 Å². The van der Waals surface area contributed by atoms with E-state index in [9.17, 15) is 9.90 Å². The van der Waals surface area contributed by atoms with Gasteiger partial charge < -0.3 is 19.5 Å². The van der Waals surface area contributed by atoms with E-state index in [1.54, 1.807) is 23.1 Å². The largest absolute Gasteiger partial charge is 0.507 e. The average molecular weight is 263 g/mol. The maximum Gasteiger partial charge on any atom is 0.246 e. The van der Waals surface area contributed by atoms with Gasteiger partial charge in [0.15, 0.2) is 0 Å². The van der Waals surface area contributed by atoms with Gasteiger partial charge >= 0.3 is 0 Å². The zero-order chi connectivity index (χ0) is 13.7. The van der Waals surface area contributed by atoms with Crippen LogP contribution in [0.3, 0.4) is 0 Å². The molecule has 5 heteroatoms. The molecule has 1 aromatic carbocycles. The van der Waals surface area contributed by atoms with Crippen molar-refractivity contribution in [3.8, 4) is 11.5 Å². The number of ether oxygens (including phenoxy) is 2. The number of hydrogen-bond acceptors (Lipinski definition) is 4. The van der Waals surface area contributed by atoms with Crippen molar-refractivity contribution >= 4 is 12.0 Å². The Bertz CT molecular complexity index is 478. The lowest BCUT2D eigenvalue weighted by Crippen LogP contribution is -2.39. The second-order valence-electron chi connectivity index (χ2n) is 4.20. The number of benzene rings is 1. The third-order valence-corrected chi connectivity index (χ3v) is 2.97. The van der Waals surface area contributed by atoms with Crippen LogP contribution in [0.15, 0.2) is 24.3 Å². The molecule has 102 valence electrons. The molecule has 1 amide bonds. The van der Waals surface area contributed by atoms with Gasteiger partial charge in [0.05, 0.1) is 20.3 Å². The Balaban J connectivity index is 2.03. The molecule has 1 heterocycles. The fraction of sp³-hybridized carbons (Fsp3) is 0.357. The fourth-order valence-corrected chi connectivity index (χ4v) is 1.84. The number of methoxy groups -OCH3 is 1. The minimum absolute atomic E-state index is 0.0708. The standard InChI is InChI=1S/C14H17NO4/c1-18-12-4-2-11(13(16)10-12)3-5-14(17)15-6-8-19-9-7-15/h2-5,10,16H,6-9H2,1H3. The molecule has 0 saturated carbocycles. The van der Waals surface area contributed by atoms with Crippen LogP contribution in [0.5, 0.6) is 11.5 Å². The Morgan fingerprint density at radius 2 is 2.16 bits per heavy atom. The molecule has 1 fully saturated rings. The molecule has 0 bridgehead atoms. The molecule has 1 N–H and O–H groups in total. The molecule has 0 atom stereocenters. The summed E-state index contributed by atoms with van der Waals surface area (Å²) in [5.74, 6) is 0.595. The molecule has 5 nitrogen and oxygen atoms in total. The van der Waals surface area contributed by atoms with Crippen LogP contribution in [0.2, 0.25) is 0 Å². The normalized spacial score (nSPS) is 15.7. The second-order valence-corrected chi connectivity index (χ2v) is 4.20. The summed E-state index contributed by atoms with van der Waals surface area (Å²) < 4.78 is 10.2. The molecule has 0 spiro atoms. The highest BCUT2D eigenvalue weighted by atomic mass is 16.5. The van der Waals surface area contributed by atoms with E-state index in [4.69, 9.17) is 9.47 Å². The highest BCUT2D eigenvalue weighted by molar-refractivity contribution is 5.92. The van der Waals surface area contributed by atoms with E-state index >= 15 is 0 Å². The number of carbonyl (C=O) groups is 1. The van der Waals surface area contributed by atoms with Gasteiger partial charge in [-0.1, -0.05) is 0 Å². The number of rotatable bonds is 3. The fourth-order valence-electron chi connectivity index (χ4n) is 1.84. The van der Waals surface area contributed by atoms with E-state index in [-0.39, 0.29) is 11.7 Å². The molecule has 0 radical (unpaired) electrons. The molecule has 0 aliphatic carbocycles. The van der Waals surface area contributed by atoms with Crippen LogP contribution in [0.4, 0.5) is 0 Å². The zero-order valence-electron chi connectivity index (χ0n) is 10.8. The predicted molar refractivity (Wildman–Crippen MR) is 71.1 cm³/mol. The van der Waals surface area contributed by atoms with Gasteiger partial charge in [-0.25, -0.2) is 0 Å². The molecule has 2 rings (SSSR count). The number of morpholine rings is 1. The van der Waals surface area contributed by atoms with Gasteiger partial charge in [-0.2, -0.15) is 0 Å². The Hall–Kier alpha value is -2.01. The number of phenols is 1. The molecule has 0 unspecified atom stereocenters. The van der Waals surface area contributed by atoms with E-state index in [0.29, 0.717) is 37.6 Å². The molecule has 1 aliphatic rings. The van der Waals surface area contributed by atoms with Crippen LogP contribution in [0, 0.1) is 0 Å². The average Bonchev–Trinajstić information content (AvgIpc) is 2.46. The van der Waals surface area contributed by atoms with Gasteiger partial charge in [-0.05, 0) is 18.2 Å². The number of hydrogen-bond donors (Lipinski definition) is 1. The SMILES string of the molecule is COc1ccc(C=CC(=O)N2CCOCC2)c(O)c1. The summed E-state index contributed by atoms with van der Waals surface area (Å²) >= 11 is 0. The number of carbonyl (C=O) groups excluding carboxylic acids is 1. The van der Waals surface area contributed by atoms with Crippen LogP contribution < -0.4 is 4.74 Å². The minimum Gasteiger partial charge on any atom is -0.507 e. The van der Waals surface area contributed by atoms with Gasteiger partial charge in [0.2, 0.25) is 5.91 Å². The van der Waals surface area contributed by atoms with Crippen molar-refractivity contribution in [3.63, 3.8) is 0 Å². The summed E-state index contributed by atoms with van der Waals surface area (Å²) in [6.07, 6.45) is 3.07. The zero-order valence-corrected chi connectivity index (χ0v) is 10.8. The van der Waals surface area contributed by atoms with E-state index in [2.05, 4.69) is 0 Å². The molecule has 19 heavy (non-hydrogen) atoms. The molecule has 1 saturated heterocycles. The summed E-state index contributed by atoms with van der Waals surface area (Å²) in [6, 6.07) is 4.95. The van der Waals surface area contributed by atoms with E-state index in [1.807, 2.05) is 0 Å². The van der Waals surface area contributed by atoms with Crippen molar-refractivity contribution in [2.24, 2.45) is 0 Å². The quantitative estimate of drug-likeness (QED) is 0.834. The van der Waals surface area contributed by atoms with Crippen LogP contribution in [-0.4, -0.2) is 49.3 Å². The van der Waals surface area contributed by atoms with Gasteiger partial charge in [0, 0.05) is 30.8 Å². The van der Waals surface area contributed by atoms with Crippen molar-refractivity contribution in [3.05, 3.63) is 29.8 Å².